The standard InChI is InChI=1S/C15H14FN7O2/c1-10-5-21(9-17-10)14-3-2-11(4-13(14)16)22-6-12(25-15(22)24)7-23-19-8-18-20-23/h2-5,8-9,12H,6-7H2,1H3/t12-/m1/s1. The van der Waals surface area contributed by atoms with Gasteiger partial charge in [0.25, 0.3) is 0 Å². The Morgan fingerprint density at radius 3 is 2.96 bits per heavy atom. The number of rotatable bonds is 4. The molecule has 25 heavy (non-hydrogen) atoms. The zero-order chi connectivity index (χ0) is 17.4. The lowest BCUT2D eigenvalue weighted by atomic mass is 10.2. The molecular weight excluding hydrogens is 329 g/mol. The Balaban J connectivity index is 1.53. The predicted octanol–water partition coefficient (Wildman–Crippen LogP) is 1.33. The Morgan fingerprint density at radius 2 is 2.28 bits per heavy atom. The molecule has 1 atom stereocenters. The Labute approximate surface area is 141 Å². The number of carbonyl (C=O) groups excluding carboxylic acids is 1. The third-order valence-corrected chi connectivity index (χ3v) is 3.87. The molecule has 1 aliphatic heterocycles. The van der Waals surface area contributed by atoms with Crippen LogP contribution in [0.2, 0.25) is 0 Å². The van der Waals surface area contributed by atoms with E-state index in [4.69, 9.17) is 4.74 Å². The van der Waals surface area contributed by atoms with Crippen molar-refractivity contribution in [3.8, 4) is 5.69 Å². The zero-order valence-electron chi connectivity index (χ0n) is 13.3. The number of cyclic esters (lactones) is 1. The summed E-state index contributed by atoms with van der Waals surface area (Å²) in [7, 11) is 0. The SMILES string of the molecule is Cc1cn(-c2ccc(N3C[C@H](Cn4ncnn4)OC3=O)cc2F)cn1. The fourth-order valence-corrected chi connectivity index (χ4v) is 2.71. The first kappa shape index (κ1) is 15.2. The minimum absolute atomic E-state index is 0.281. The van der Waals surface area contributed by atoms with E-state index >= 15 is 0 Å². The number of imidazole rings is 1. The summed E-state index contributed by atoms with van der Waals surface area (Å²) in [5.74, 6) is -0.455. The van der Waals surface area contributed by atoms with Crippen molar-refractivity contribution < 1.29 is 13.9 Å². The molecule has 0 N–H and O–H groups in total. The Morgan fingerprint density at radius 1 is 1.40 bits per heavy atom. The molecule has 4 rings (SSSR count). The monoisotopic (exact) mass is 343 g/mol. The van der Waals surface area contributed by atoms with Crippen LogP contribution in [0.3, 0.4) is 0 Å². The highest BCUT2D eigenvalue weighted by atomic mass is 19.1. The Bertz CT molecular complexity index is 909. The molecule has 0 bridgehead atoms. The first-order valence-electron chi connectivity index (χ1n) is 7.59. The number of aromatic nitrogens is 6. The van der Waals surface area contributed by atoms with Gasteiger partial charge >= 0.3 is 6.09 Å². The number of nitrogens with zero attached hydrogens (tertiary/aromatic N) is 7. The molecule has 1 aliphatic rings. The molecule has 0 saturated carbocycles. The summed E-state index contributed by atoms with van der Waals surface area (Å²) in [5, 5.41) is 11.2. The van der Waals surface area contributed by atoms with Crippen molar-refractivity contribution in [1.82, 2.24) is 29.8 Å². The Kier molecular flexibility index (Phi) is 3.64. The first-order chi connectivity index (χ1) is 12.1. The average Bonchev–Trinajstić information content (AvgIpc) is 3.30. The summed E-state index contributed by atoms with van der Waals surface area (Å²) in [5.41, 5.74) is 1.58. The maximum Gasteiger partial charge on any atom is 0.414 e. The molecule has 10 heteroatoms. The largest absolute Gasteiger partial charge is 0.442 e. The molecule has 0 spiro atoms. The number of hydrogen-bond acceptors (Lipinski definition) is 6. The van der Waals surface area contributed by atoms with Crippen LogP contribution in [0.1, 0.15) is 5.69 Å². The van der Waals surface area contributed by atoms with Crippen molar-refractivity contribution >= 4 is 11.8 Å². The van der Waals surface area contributed by atoms with Crippen LogP contribution in [0.5, 0.6) is 0 Å². The van der Waals surface area contributed by atoms with Crippen molar-refractivity contribution in [2.75, 3.05) is 11.4 Å². The molecule has 9 nitrogen and oxygen atoms in total. The molecule has 1 saturated heterocycles. The van der Waals surface area contributed by atoms with Crippen molar-refractivity contribution in [2.24, 2.45) is 0 Å². The van der Waals surface area contributed by atoms with Crippen molar-refractivity contribution in [3.63, 3.8) is 0 Å². The van der Waals surface area contributed by atoms with Gasteiger partial charge in [0.2, 0.25) is 0 Å². The van der Waals surface area contributed by atoms with E-state index in [1.54, 1.807) is 29.2 Å². The fraction of sp³-hybridized carbons (Fsp3) is 0.267. The number of halogens is 1. The summed E-state index contributed by atoms with van der Waals surface area (Å²) in [4.78, 5) is 18.9. The van der Waals surface area contributed by atoms with Crippen molar-refractivity contribution in [1.29, 1.82) is 0 Å². The maximum atomic E-state index is 14.5. The van der Waals surface area contributed by atoms with Gasteiger partial charge in [0, 0.05) is 6.20 Å². The van der Waals surface area contributed by atoms with E-state index in [1.807, 2.05) is 6.92 Å². The molecule has 2 aromatic heterocycles. The fourth-order valence-electron chi connectivity index (χ4n) is 2.71. The van der Waals surface area contributed by atoms with Crippen LogP contribution >= 0.6 is 0 Å². The Hall–Kier alpha value is -3.30. The molecule has 1 amide bonds. The number of carbonyl (C=O) groups is 1. The molecule has 0 radical (unpaired) electrons. The lowest BCUT2D eigenvalue weighted by Crippen LogP contribution is -2.26. The van der Waals surface area contributed by atoms with Gasteiger partial charge in [-0.2, -0.15) is 4.80 Å². The van der Waals surface area contributed by atoms with Gasteiger partial charge in [-0.1, -0.05) is 0 Å². The molecule has 128 valence electrons. The van der Waals surface area contributed by atoms with Crippen molar-refractivity contribution in [2.45, 2.75) is 19.6 Å². The number of benzene rings is 1. The lowest BCUT2D eigenvalue weighted by Gasteiger charge is -2.14. The summed E-state index contributed by atoms with van der Waals surface area (Å²) in [6, 6.07) is 4.58. The average molecular weight is 343 g/mol. The molecule has 0 unspecified atom stereocenters. The highest BCUT2D eigenvalue weighted by Crippen LogP contribution is 2.26. The van der Waals surface area contributed by atoms with Crippen LogP contribution in [-0.4, -0.2) is 48.5 Å². The van der Waals surface area contributed by atoms with Crippen LogP contribution in [0.4, 0.5) is 14.9 Å². The van der Waals surface area contributed by atoms with E-state index in [9.17, 15) is 9.18 Å². The summed E-state index contributed by atoms with van der Waals surface area (Å²) in [6.45, 7) is 2.40. The number of tetrazole rings is 1. The summed E-state index contributed by atoms with van der Waals surface area (Å²) < 4.78 is 21.3. The van der Waals surface area contributed by atoms with Gasteiger partial charge in [0.05, 0.1) is 29.9 Å². The smallest absolute Gasteiger partial charge is 0.414 e. The van der Waals surface area contributed by atoms with Gasteiger partial charge in [0.1, 0.15) is 18.5 Å². The van der Waals surface area contributed by atoms with E-state index in [2.05, 4.69) is 20.4 Å². The van der Waals surface area contributed by atoms with Crippen LogP contribution < -0.4 is 4.90 Å². The number of ether oxygens (including phenoxy) is 1. The lowest BCUT2D eigenvalue weighted by molar-refractivity contribution is 0.126. The van der Waals surface area contributed by atoms with Gasteiger partial charge < -0.3 is 9.30 Å². The van der Waals surface area contributed by atoms with E-state index < -0.39 is 18.0 Å². The molecule has 3 aromatic rings. The van der Waals surface area contributed by atoms with Crippen LogP contribution in [-0.2, 0) is 11.3 Å². The van der Waals surface area contributed by atoms with Crippen LogP contribution in [0.25, 0.3) is 5.69 Å². The highest BCUT2D eigenvalue weighted by molar-refractivity contribution is 5.89. The molecule has 0 aliphatic carbocycles. The third kappa shape index (κ3) is 2.93. The van der Waals surface area contributed by atoms with Crippen LogP contribution in [0.15, 0.2) is 37.1 Å². The second kappa shape index (κ2) is 5.96. The molecular formula is C15H14FN7O2. The highest BCUT2D eigenvalue weighted by Gasteiger charge is 2.33. The molecule has 1 fully saturated rings. The van der Waals surface area contributed by atoms with Gasteiger partial charge in [-0.3, -0.25) is 4.90 Å². The van der Waals surface area contributed by atoms with Gasteiger partial charge in [-0.25, -0.2) is 14.2 Å². The summed E-state index contributed by atoms with van der Waals surface area (Å²) in [6.07, 6.45) is 3.61. The topological polar surface area (TPSA) is 91.0 Å². The van der Waals surface area contributed by atoms with Gasteiger partial charge in [0.15, 0.2) is 6.33 Å². The van der Waals surface area contributed by atoms with E-state index in [0.717, 1.165) is 5.69 Å². The quantitative estimate of drug-likeness (QED) is 0.710. The molecule has 1 aromatic carbocycles. The number of hydrogen-bond donors (Lipinski definition) is 0. The normalized spacial score (nSPS) is 17.1. The third-order valence-electron chi connectivity index (χ3n) is 3.87. The van der Waals surface area contributed by atoms with Gasteiger partial charge in [-0.15, -0.1) is 10.2 Å². The second-order valence-electron chi connectivity index (χ2n) is 5.67. The van der Waals surface area contributed by atoms with Crippen molar-refractivity contribution in [3.05, 3.63) is 48.6 Å². The zero-order valence-corrected chi connectivity index (χ0v) is 13.3. The molecule has 3 heterocycles. The van der Waals surface area contributed by atoms with E-state index in [0.29, 0.717) is 11.4 Å². The second-order valence-corrected chi connectivity index (χ2v) is 5.67. The van der Waals surface area contributed by atoms with E-state index in [-0.39, 0.29) is 13.1 Å². The minimum Gasteiger partial charge on any atom is -0.442 e. The van der Waals surface area contributed by atoms with E-state index in [1.165, 1.54) is 22.1 Å². The first-order valence-corrected chi connectivity index (χ1v) is 7.59. The van der Waals surface area contributed by atoms with Crippen LogP contribution in [0, 0.1) is 12.7 Å². The predicted molar refractivity (Wildman–Crippen MR) is 83.7 cm³/mol. The number of aryl methyl sites for hydroxylation is 1. The number of anilines is 1. The maximum absolute atomic E-state index is 14.5. The minimum atomic E-state index is -0.532. The van der Waals surface area contributed by atoms with Gasteiger partial charge in [-0.05, 0) is 30.3 Å². The number of amides is 1. The summed E-state index contributed by atoms with van der Waals surface area (Å²) >= 11 is 0.